The minimum Gasteiger partial charge on any atom is -0.454 e. The third-order valence-electron chi connectivity index (χ3n) is 4.93. The Bertz CT molecular complexity index is 855. The molecule has 7 nitrogen and oxygen atoms in total. The first-order valence-electron chi connectivity index (χ1n) is 9.36. The Morgan fingerprint density at radius 1 is 1.26 bits per heavy atom. The van der Waals surface area contributed by atoms with E-state index in [9.17, 15) is 4.79 Å². The fourth-order valence-corrected chi connectivity index (χ4v) is 3.55. The fourth-order valence-electron chi connectivity index (χ4n) is 3.55. The van der Waals surface area contributed by atoms with Gasteiger partial charge in [-0.05, 0) is 43.4 Å². The molecule has 2 aromatic rings. The third kappa shape index (κ3) is 3.97. The maximum Gasteiger partial charge on any atom is 0.270 e. The first-order valence-corrected chi connectivity index (χ1v) is 9.36. The van der Waals surface area contributed by atoms with Gasteiger partial charge in [0, 0.05) is 25.7 Å². The number of carbonyl (C=O) groups excluding carboxylic acids is 1. The van der Waals surface area contributed by atoms with Gasteiger partial charge in [0.2, 0.25) is 6.79 Å². The normalized spacial score (nSPS) is 18.4. The number of piperidine rings is 1. The van der Waals surface area contributed by atoms with Gasteiger partial charge < -0.3 is 19.7 Å². The lowest BCUT2D eigenvalue weighted by atomic mass is 10.0. The second-order valence-corrected chi connectivity index (χ2v) is 7.22. The highest BCUT2D eigenvalue weighted by atomic mass is 16.7. The maximum atomic E-state index is 12.6. The molecule has 1 atom stereocenters. The molecule has 1 N–H and O–H groups in total. The number of aromatic nitrogens is 2. The van der Waals surface area contributed by atoms with Crippen LogP contribution < -0.4 is 19.7 Å². The molecule has 27 heavy (non-hydrogen) atoms. The van der Waals surface area contributed by atoms with Crippen molar-refractivity contribution in [2.75, 3.05) is 24.8 Å². The second kappa shape index (κ2) is 7.42. The van der Waals surface area contributed by atoms with Gasteiger partial charge in [0.25, 0.3) is 5.91 Å². The Hall–Kier alpha value is -2.83. The van der Waals surface area contributed by atoms with Crippen LogP contribution in [-0.4, -0.2) is 35.8 Å². The van der Waals surface area contributed by atoms with Gasteiger partial charge in [-0.15, -0.1) is 0 Å². The largest absolute Gasteiger partial charge is 0.454 e. The topological polar surface area (TPSA) is 76.6 Å². The van der Waals surface area contributed by atoms with Crippen molar-refractivity contribution in [2.24, 2.45) is 5.92 Å². The number of nitrogens with one attached hydrogen (secondary N) is 1. The van der Waals surface area contributed by atoms with Crippen LogP contribution in [0.1, 0.15) is 41.6 Å². The summed E-state index contributed by atoms with van der Waals surface area (Å²) in [4.78, 5) is 23.7. The number of fused-ring (bicyclic) bond motifs is 1. The number of hydrogen-bond acceptors (Lipinski definition) is 6. The van der Waals surface area contributed by atoms with Gasteiger partial charge in [-0.3, -0.25) is 4.79 Å². The molecule has 1 amide bonds. The number of benzene rings is 1. The molecule has 1 aromatic carbocycles. The molecule has 2 aliphatic rings. The van der Waals surface area contributed by atoms with Crippen molar-refractivity contribution in [3.63, 3.8) is 0 Å². The summed E-state index contributed by atoms with van der Waals surface area (Å²) in [6.07, 6.45) is 2.39. The maximum absolute atomic E-state index is 12.6. The SMILES string of the molecule is Cc1nc(C(=O)NCc2ccc3c(c2)OCO3)cc(N2CCCC(C)C2)n1. The van der Waals surface area contributed by atoms with Gasteiger partial charge in [0.1, 0.15) is 17.3 Å². The Morgan fingerprint density at radius 3 is 2.96 bits per heavy atom. The smallest absolute Gasteiger partial charge is 0.270 e. The molecule has 7 heteroatoms. The van der Waals surface area contributed by atoms with Crippen LogP contribution in [0.5, 0.6) is 11.5 Å². The summed E-state index contributed by atoms with van der Waals surface area (Å²) in [7, 11) is 0. The Balaban J connectivity index is 1.45. The zero-order valence-electron chi connectivity index (χ0n) is 15.7. The summed E-state index contributed by atoms with van der Waals surface area (Å²) in [5, 5.41) is 2.93. The summed E-state index contributed by atoms with van der Waals surface area (Å²) in [6, 6.07) is 7.45. The monoisotopic (exact) mass is 368 g/mol. The summed E-state index contributed by atoms with van der Waals surface area (Å²) >= 11 is 0. The van der Waals surface area contributed by atoms with Gasteiger partial charge >= 0.3 is 0 Å². The van der Waals surface area contributed by atoms with E-state index in [1.807, 2.05) is 25.1 Å². The molecular weight excluding hydrogens is 344 g/mol. The minimum atomic E-state index is -0.204. The van der Waals surface area contributed by atoms with Gasteiger partial charge in [-0.25, -0.2) is 9.97 Å². The highest BCUT2D eigenvalue weighted by Crippen LogP contribution is 2.32. The number of carbonyl (C=O) groups is 1. The molecule has 2 aliphatic heterocycles. The summed E-state index contributed by atoms with van der Waals surface area (Å²) in [5.74, 6) is 3.32. The number of nitrogens with zero attached hydrogens (tertiary/aromatic N) is 3. The van der Waals surface area contributed by atoms with Crippen LogP contribution >= 0.6 is 0 Å². The lowest BCUT2D eigenvalue weighted by molar-refractivity contribution is 0.0945. The zero-order chi connectivity index (χ0) is 18.8. The van der Waals surface area contributed by atoms with Crippen molar-refractivity contribution in [2.45, 2.75) is 33.2 Å². The van der Waals surface area contributed by atoms with E-state index in [0.29, 0.717) is 29.7 Å². The molecule has 1 aromatic heterocycles. The van der Waals surface area contributed by atoms with Crippen LogP contribution in [0.4, 0.5) is 5.82 Å². The van der Waals surface area contributed by atoms with E-state index in [4.69, 9.17) is 9.47 Å². The predicted octanol–water partition coefficient (Wildman–Crippen LogP) is 2.68. The molecule has 0 spiro atoms. The first-order chi connectivity index (χ1) is 13.1. The molecule has 3 heterocycles. The standard InChI is InChI=1S/C20H24N4O3/c1-13-4-3-7-24(11-13)19-9-16(22-14(2)23-19)20(25)21-10-15-5-6-17-18(8-15)27-12-26-17/h5-6,8-9,13H,3-4,7,10-12H2,1-2H3,(H,21,25). The molecular formula is C20H24N4O3. The van der Waals surface area contributed by atoms with Gasteiger partial charge in [-0.2, -0.15) is 0 Å². The van der Waals surface area contributed by atoms with E-state index in [0.717, 1.165) is 36.6 Å². The zero-order valence-corrected chi connectivity index (χ0v) is 15.7. The lowest BCUT2D eigenvalue weighted by Gasteiger charge is -2.32. The van der Waals surface area contributed by atoms with Crippen molar-refractivity contribution in [1.82, 2.24) is 15.3 Å². The molecule has 0 aliphatic carbocycles. The quantitative estimate of drug-likeness (QED) is 0.894. The predicted molar refractivity (Wildman–Crippen MR) is 101 cm³/mol. The van der Waals surface area contributed by atoms with E-state index in [2.05, 4.69) is 27.1 Å². The highest BCUT2D eigenvalue weighted by molar-refractivity contribution is 5.92. The van der Waals surface area contributed by atoms with Gasteiger partial charge in [0.15, 0.2) is 11.5 Å². The third-order valence-corrected chi connectivity index (χ3v) is 4.93. The molecule has 0 saturated carbocycles. The Labute approximate surface area is 158 Å². The molecule has 0 bridgehead atoms. The van der Waals surface area contributed by atoms with Crippen molar-refractivity contribution in [3.05, 3.63) is 41.3 Å². The van der Waals surface area contributed by atoms with Crippen LogP contribution in [0.2, 0.25) is 0 Å². The molecule has 0 radical (unpaired) electrons. The second-order valence-electron chi connectivity index (χ2n) is 7.22. The number of ether oxygens (including phenoxy) is 2. The highest BCUT2D eigenvalue weighted by Gasteiger charge is 2.20. The number of anilines is 1. The molecule has 1 saturated heterocycles. The summed E-state index contributed by atoms with van der Waals surface area (Å²) in [5.41, 5.74) is 1.35. The average molecular weight is 368 g/mol. The van der Waals surface area contributed by atoms with Crippen LogP contribution in [-0.2, 0) is 6.54 Å². The van der Waals surface area contributed by atoms with E-state index in [1.54, 1.807) is 6.07 Å². The molecule has 1 fully saturated rings. The number of amides is 1. The lowest BCUT2D eigenvalue weighted by Crippen LogP contribution is -2.35. The number of rotatable bonds is 4. The number of aryl methyl sites for hydroxylation is 1. The van der Waals surface area contributed by atoms with E-state index in [1.165, 1.54) is 6.42 Å². The first kappa shape index (κ1) is 17.6. The average Bonchev–Trinajstić information content (AvgIpc) is 3.13. The van der Waals surface area contributed by atoms with Gasteiger partial charge in [-0.1, -0.05) is 13.0 Å². The van der Waals surface area contributed by atoms with Crippen LogP contribution in [0.3, 0.4) is 0 Å². The Kier molecular flexibility index (Phi) is 4.83. The van der Waals surface area contributed by atoms with Crippen LogP contribution in [0.25, 0.3) is 0 Å². The summed E-state index contributed by atoms with van der Waals surface area (Å²) in [6.45, 7) is 6.65. The molecule has 142 valence electrons. The molecule has 4 rings (SSSR count). The molecule has 1 unspecified atom stereocenters. The van der Waals surface area contributed by atoms with Crippen LogP contribution in [0.15, 0.2) is 24.3 Å². The van der Waals surface area contributed by atoms with E-state index < -0.39 is 0 Å². The van der Waals surface area contributed by atoms with Gasteiger partial charge in [0.05, 0.1) is 0 Å². The van der Waals surface area contributed by atoms with E-state index in [-0.39, 0.29) is 12.7 Å². The van der Waals surface area contributed by atoms with Crippen molar-refractivity contribution >= 4 is 11.7 Å². The number of hydrogen-bond donors (Lipinski definition) is 1. The van der Waals surface area contributed by atoms with Crippen molar-refractivity contribution in [1.29, 1.82) is 0 Å². The van der Waals surface area contributed by atoms with Crippen LogP contribution in [0, 0.1) is 12.8 Å². The minimum absolute atomic E-state index is 0.204. The van der Waals surface area contributed by atoms with Crippen molar-refractivity contribution < 1.29 is 14.3 Å². The fraction of sp³-hybridized carbons (Fsp3) is 0.450. The van der Waals surface area contributed by atoms with E-state index >= 15 is 0 Å². The van der Waals surface area contributed by atoms with Crippen molar-refractivity contribution in [3.8, 4) is 11.5 Å². The Morgan fingerprint density at radius 2 is 2.11 bits per heavy atom. The summed E-state index contributed by atoms with van der Waals surface area (Å²) < 4.78 is 10.7.